The zero-order valence-corrected chi connectivity index (χ0v) is 6.69. The van der Waals surface area contributed by atoms with E-state index in [-0.39, 0.29) is 0 Å². The Morgan fingerprint density at radius 3 is 1.67 bits per heavy atom. The second-order valence-corrected chi connectivity index (χ2v) is 2.63. The van der Waals surface area contributed by atoms with E-state index in [1.165, 1.54) is 6.07 Å². The fraction of sp³-hybridized carbons (Fsp3) is 0.333. The van der Waals surface area contributed by atoms with Crippen LogP contribution in [0.5, 0.6) is 0 Å². The summed E-state index contributed by atoms with van der Waals surface area (Å²) in [5.74, 6) is 0. The van der Waals surface area contributed by atoms with E-state index >= 15 is 0 Å². The average Bonchev–Trinajstić information content (AvgIpc) is 2.16. The summed E-state index contributed by atoms with van der Waals surface area (Å²) in [6, 6.07) is 4.82. The van der Waals surface area contributed by atoms with Crippen LogP contribution in [0.3, 0.4) is 0 Å². The van der Waals surface area contributed by atoms with Gasteiger partial charge < -0.3 is 5.73 Å². The normalized spacial score (nSPS) is 10.2. The van der Waals surface area contributed by atoms with Crippen LogP contribution in [-0.4, -0.2) is 0 Å². The van der Waals surface area contributed by atoms with Crippen LogP contribution in [0, 0.1) is 0 Å². The minimum atomic E-state index is -0.569. The molecule has 0 aromatic heterocycles. The van der Waals surface area contributed by atoms with Crippen LogP contribution in [0.25, 0.3) is 0 Å². The van der Waals surface area contributed by atoms with Gasteiger partial charge in [0.2, 0.25) is 0 Å². The predicted octanol–water partition coefficient (Wildman–Crippen LogP) is 2.08. The van der Waals surface area contributed by atoms with E-state index in [1.54, 1.807) is 12.1 Å². The lowest BCUT2D eigenvalue weighted by Gasteiger charge is -2.02. The number of nitrogens with two attached hydrogens (primary N) is 1. The minimum absolute atomic E-state index is 0.320. The quantitative estimate of drug-likeness (QED) is 0.740. The third-order valence-electron chi connectivity index (χ3n) is 1.66. The monoisotopic (exact) mass is 171 g/mol. The van der Waals surface area contributed by atoms with Gasteiger partial charge in [0.05, 0.1) is 0 Å². The second-order valence-electron chi connectivity index (χ2n) is 2.63. The maximum absolute atomic E-state index is 12.2. The summed E-state index contributed by atoms with van der Waals surface area (Å²) in [4.78, 5) is 0. The molecule has 12 heavy (non-hydrogen) atoms. The van der Waals surface area contributed by atoms with Gasteiger partial charge in [-0.25, -0.2) is 8.78 Å². The summed E-state index contributed by atoms with van der Waals surface area (Å²) in [6.45, 7) is -0.817. The van der Waals surface area contributed by atoms with E-state index in [0.29, 0.717) is 17.7 Å². The molecule has 0 aliphatic rings. The summed E-state index contributed by atoms with van der Waals surface area (Å²) in [6.07, 6.45) is 0. The minimum Gasteiger partial charge on any atom is -0.326 e. The molecule has 0 bridgehead atoms. The molecule has 0 unspecified atom stereocenters. The number of alkyl halides is 2. The van der Waals surface area contributed by atoms with E-state index < -0.39 is 13.3 Å². The zero-order chi connectivity index (χ0) is 8.97. The standard InChI is InChI=1S/C9H11F2N/c10-4-7-1-8(5-11)3-9(2-7)6-12/h1-3H,4-6,12H2. The van der Waals surface area contributed by atoms with Crippen molar-refractivity contribution in [2.75, 3.05) is 0 Å². The molecular formula is C9H11F2N. The van der Waals surface area contributed by atoms with Gasteiger partial charge in [0.25, 0.3) is 0 Å². The van der Waals surface area contributed by atoms with Crippen molar-refractivity contribution in [1.29, 1.82) is 0 Å². The Labute approximate surface area is 70.2 Å². The van der Waals surface area contributed by atoms with Crippen molar-refractivity contribution in [1.82, 2.24) is 0 Å². The van der Waals surface area contributed by atoms with Gasteiger partial charge in [0, 0.05) is 6.54 Å². The Morgan fingerprint density at radius 1 is 0.917 bits per heavy atom. The predicted molar refractivity (Wildman–Crippen MR) is 44.0 cm³/mol. The highest BCUT2D eigenvalue weighted by atomic mass is 19.1. The van der Waals surface area contributed by atoms with Gasteiger partial charge in [-0.2, -0.15) is 0 Å². The molecule has 0 spiro atoms. The first-order valence-corrected chi connectivity index (χ1v) is 3.74. The first-order valence-electron chi connectivity index (χ1n) is 3.74. The molecule has 1 aromatic rings. The van der Waals surface area contributed by atoms with Crippen molar-refractivity contribution < 1.29 is 8.78 Å². The first-order chi connectivity index (χ1) is 5.80. The molecule has 0 saturated carbocycles. The van der Waals surface area contributed by atoms with E-state index in [4.69, 9.17) is 5.73 Å². The highest BCUT2D eigenvalue weighted by Gasteiger charge is 1.99. The average molecular weight is 171 g/mol. The Bertz CT molecular complexity index is 205. The van der Waals surface area contributed by atoms with Crippen molar-refractivity contribution >= 4 is 0 Å². The Balaban J connectivity index is 3.01. The van der Waals surface area contributed by atoms with Gasteiger partial charge in [-0.1, -0.05) is 18.2 Å². The van der Waals surface area contributed by atoms with Crippen LogP contribution in [0.15, 0.2) is 18.2 Å². The molecule has 0 radical (unpaired) electrons. The largest absolute Gasteiger partial charge is 0.326 e. The smallest absolute Gasteiger partial charge is 0.115 e. The van der Waals surface area contributed by atoms with Crippen molar-refractivity contribution in [3.05, 3.63) is 34.9 Å². The van der Waals surface area contributed by atoms with E-state index in [2.05, 4.69) is 0 Å². The van der Waals surface area contributed by atoms with E-state index in [1.807, 2.05) is 0 Å². The molecular weight excluding hydrogens is 160 g/mol. The lowest BCUT2D eigenvalue weighted by Crippen LogP contribution is -1.98. The SMILES string of the molecule is NCc1cc(CF)cc(CF)c1. The molecule has 1 rings (SSSR count). The molecule has 2 N–H and O–H groups in total. The van der Waals surface area contributed by atoms with Crippen molar-refractivity contribution in [2.45, 2.75) is 19.9 Å². The highest BCUT2D eigenvalue weighted by Crippen LogP contribution is 2.12. The maximum Gasteiger partial charge on any atom is 0.115 e. The molecule has 0 atom stereocenters. The third kappa shape index (κ3) is 2.01. The molecule has 0 aliphatic carbocycles. The second kappa shape index (κ2) is 4.16. The van der Waals surface area contributed by atoms with Gasteiger partial charge >= 0.3 is 0 Å². The number of hydrogen-bond donors (Lipinski definition) is 1. The highest BCUT2D eigenvalue weighted by molar-refractivity contribution is 5.29. The van der Waals surface area contributed by atoms with Crippen molar-refractivity contribution in [3.8, 4) is 0 Å². The first kappa shape index (κ1) is 9.13. The van der Waals surface area contributed by atoms with Gasteiger partial charge in [-0.15, -0.1) is 0 Å². The number of halogens is 2. The van der Waals surface area contributed by atoms with Crippen LogP contribution >= 0.6 is 0 Å². The van der Waals surface area contributed by atoms with Crippen LogP contribution in [-0.2, 0) is 19.9 Å². The molecule has 0 saturated heterocycles. The maximum atomic E-state index is 12.2. The summed E-state index contributed by atoms with van der Waals surface area (Å²) >= 11 is 0. The van der Waals surface area contributed by atoms with Gasteiger partial charge in [0.1, 0.15) is 13.3 Å². The Morgan fingerprint density at radius 2 is 1.33 bits per heavy atom. The number of hydrogen-bond acceptors (Lipinski definition) is 1. The van der Waals surface area contributed by atoms with Crippen molar-refractivity contribution in [2.24, 2.45) is 5.73 Å². The molecule has 0 fully saturated rings. The van der Waals surface area contributed by atoms with Crippen LogP contribution in [0.1, 0.15) is 16.7 Å². The lowest BCUT2D eigenvalue weighted by atomic mass is 10.1. The van der Waals surface area contributed by atoms with Crippen molar-refractivity contribution in [3.63, 3.8) is 0 Å². The zero-order valence-electron chi connectivity index (χ0n) is 6.69. The molecule has 0 amide bonds. The molecule has 1 nitrogen and oxygen atoms in total. The molecule has 3 heteroatoms. The number of rotatable bonds is 3. The van der Waals surface area contributed by atoms with Crippen LogP contribution in [0.4, 0.5) is 8.78 Å². The molecule has 66 valence electrons. The Hall–Kier alpha value is -0.960. The van der Waals surface area contributed by atoms with Crippen LogP contribution < -0.4 is 5.73 Å². The van der Waals surface area contributed by atoms with Gasteiger partial charge in [-0.3, -0.25) is 0 Å². The fourth-order valence-corrected chi connectivity index (χ4v) is 1.11. The lowest BCUT2D eigenvalue weighted by molar-refractivity contribution is 0.474. The summed E-state index contributed by atoms with van der Waals surface area (Å²) in [5, 5.41) is 0. The van der Waals surface area contributed by atoms with E-state index in [0.717, 1.165) is 5.56 Å². The van der Waals surface area contributed by atoms with Gasteiger partial charge in [-0.05, 0) is 16.7 Å². The van der Waals surface area contributed by atoms with E-state index in [9.17, 15) is 8.78 Å². The fourth-order valence-electron chi connectivity index (χ4n) is 1.11. The van der Waals surface area contributed by atoms with Crippen LogP contribution in [0.2, 0.25) is 0 Å². The summed E-state index contributed by atoms with van der Waals surface area (Å²) in [5.41, 5.74) is 7.11. The number of benzene rings is 1. The molecule has 0 heterocycles. The Kier molecular flexibility index (Phi) is 3.17. The molecule has 1 aromatic carbocycles. The topological polar surface area (TPSA) is 26.0 Å². The summed E-state index contributed by atoms with van der Waals surface area (Å²) in [7, 11) is 0. The third-order valence-corrected chi connectivity index (χ3v) is 1.66. The molecule has 0 aliphatic heterocycles. The summed E-state index contributed by atoms with van der Waals surface area (Å²) < 4.78 is 24.4. The van der Waals surface area contributed by atoms with Gasteiger partial charge in [0.15, 0.2) is 0 Å².